The minimum atomic E-state index is -0.146. The molecule has 0 unspecified atom stereocenters. The smallest absolute Gasteiger partial charge is 0.306 e. The zero-order valence-corrected chi connectivity index (χ0v) is 19.4. The molecule has 0 bridgehead atoms. The molecule has 1 fully saturated rings. The number of hydrogen-bond donors (Lipinski definition) is 0. The molecule has 1 saturated heterocycles. The summed E-state index contributed by atoms with van der Waals surface area (Å²) in [6.07, 6.45) is 8.12. The summed E-state index contributed by atoms with van der Waals surface area (Å²) in [6, 6.07) is 8.67. The second-order valence-electron chi connectivity index (χ2n) is 8.97. The lowest BCUT2D eigenvalue weighted by molar-refractivity contribution is -0.143. The first-order valence-electron chi connectivity index (χ1n) is 11.9. The van der Waals surface area contributed by atoms with Crippen LogP contribution in [0.4, 0.5) is 5.69 Å². The van der Waals surface area contributed by atoms with E-state index in [1.807, 2.05) is 19.3 Å². The fraction of sp³-hybridized carbons (Fsp3) is 0.538. The molecule has 1 aromatic carbocycles. The maximum Gasteiger partial charge on any atom is 0.306 e. The molecule has 0 N–H and O–H groups in total. The van der Waals surface area contributed by atoms with E-state index in [1.165, 1.54) is 16.8 Å². The Kier molecular flexibility index (Phi) is 7.63. The molecular formula is C26H35N3O3. The molecular weight excluding hydrogens is 402 g/mol. The number of aromatic nitrogens is 1. The van der Waals surface area contributed by atoms with Crippen LogP contribution in [0.5, 0.6) is 5.75 Å². The lowest BCUT2D eigenvalue weighted by Crippen LogP contribution is -2.36. The number of nitrogens with zero attached hydrogens (tertiary/aromatic N) is 3. The van der Waals surface area contributed by atoms with Crippen LogP contribution in [-0.2, 0) is 28.9 Å². The van der Waals surface area contributed by atoms with Gasteiger partial charge in [0.25, 0.3) is 0 Å². The lowest BCUT2D eigenvalue weighted by Gasteiger charge is -2.34. The molecule has 0 amide bonds. The largest absolute Gasteiger partial charge is 0.493 e. The predicted molar refractivity (Wildman–Crippen MR) is 126 cm³/mol. The summed E-state index contributed by atoms with van der Waals surface area (Å²) < 4.78 is 11.3. The average molecular weight is 438 g/mol. The van der Waals surface area contributed by atoms with E-state index in [0.717, 1.165) is 63.4 Å². The first-order chi connectivity index (χ1) is 15.6. The summed E-state index contributed by atoms with van der Waals surface area (Å²) in [4.78, 5) is 20.8. The third kappa shape index (κ3) is 5.80. The number of aryl methyl sites for hydroxylation is 1. The van der Waals surface area contributed by atoms with Gasteiger partial charge in [-0.1, -0.05) is 6.07 Å². The van der Waals surface area contributed by atoms with Crippen molar-refractivity contribution in [1.82, 2.24) is 9.88 Å². The van der Waals surface area contributed by atoms with E-state index in [4.69, 9.17) is 9.47 Å². The highest BCUT2D eigenvalue weighted by Crippen LogP contribution is 2.28. The molecule has 6 nitrogen and oxygen atoms in total. The number of benzene rings is 1. The molecule has 6 heteroatoms. The van der Waals surface area contributed by atoms with Crippen LogP contribution in [0.2, 0.25) is 0 Å². The molecule has 1 aromatic heterocycles. The van der Waals surface area contributed by atoms with Crippen molar-refractivity contribution in [3.63, 3.8) is 0 Å². The Morgan fingerprint density at radius 1 is 1.16 bits per heavy atom. The predicted octanol–water partition coefficient (Wildman–Crippen LogP) is 3.86. The Hall–Kier alpha value is -2.60. The number of likely N-dealkylation sites (N-methyl/N-ethyl adjacent to an activating group) is 1. The lowest BCUT2D eigenvalue weighted by atomic mass is 9.96. The van der Waals surface area contributed by atoms with Crippen LogP contribution < -0.4 is 9.64 Å². The van der Waals surface area contributed by atoms with Crippen molar-refractivity contribution in [2.75, 3.05) is 44.8 Å². The van der Waals surface area contributed by atoms with Gasteiger partial charge in [-0.2, -0.15) is 0 Å². The van der Waals surface area contributed by atoms with E-state index in [2.05, 4.69) is 46.1 Å². The highest BCUT2D eigenvalue weighted by molar-refractivity contribution is 5.70. The number of carbonyl (C=O) groups excluding carboxylic acids is 1. The van der Waals surface area contributed by atoms with Gasteiger partial charge in [0.2, 0.25) is 0 Å². The number of piperidine rings is 1. The number of fused-ring (bicyclic) bond motifs is 1. The fourth-order valence-corrected chi connectivity index (χ4v) is 4.71. The molecule has 0 spiro atoms. The molecule has 0 aliphatic carbocycles. The zero-order valence-electron chi connectivity index (χ0n) is 19.4. The zero-order chi connectivity index (χ0) is 22.3. The van der Waals surface area contributed by atoms with E-state index in [0.29, 0.717) is 25.4 Å². The fourth-order valence-electron chi connectivity index (χ4n) is 4.71. The van der Waals surface area contributed by atoms with Crippen molar-refractivity contribution in [2.45, 2.75) is 45.6 Å². The summed E-state index contributed by atoms with van der Waals surface area (Å²) in [5.41, 5.74) is 5.18. The van der Waals surface area contributed by atoms with E-state index in [-0.39, 0.29) is 5.97 Å². The van der Waals surface area contributed by atoms with Gasteiger partial charge in [0.1, 0.15) is 5.75 Å². The van der Waals surface area contributed by atoms with E-state index >= 15 is 0 Å². The Balaban J connectivity index is 1.28. The standard InChI is InChI=1S/C26H35N3O3/c1-3-31-26(30)7-5-22-17-27-12-8-25(22)29-14-9-20(10-15-29)19-32-24-6-4-21-11-13-28(2)18-23(21)16-24/h4,6,8,12,16-17,20H,3,5,7,9-11,13-15,18-19H2,1-2H3. The van der Waals surface area contributed by atoms with Crippen molar-refractivity contribution in [3.8, 4) is 5.75 Å². The molecule has 0 atom stereocenters. The van der Waals surface area contributed by atoms with Crippen molar-refractivity contribution < 1.29 is 14.3 Å². The number of rotatable bonds is 8. The van der Waals surface area contributed by atoms with Crippen molar-refractivity contribution in [3.05, 3.63) is 53.3 Å². The second-order valence-corrected chi connectivity index (χ2v) is 8.97. The molecule has 32 heavy (non-hydrogen) atoms. The van der Waals surface area contributed by atoms with Crippen LogP contribution in [0.3, 0.4) is 0 Å². The maximum atomic E-state index is 11.8. The van der Waals surface area contributed by atoms with Crippen LogP contribution in [0.1, 0.15) is 42.9 Å². The second kappa shape index (κ2) is 10.8. The van der Waals surface area contributed by atoms with E-state index in [9.17, 15) is 4.79 Å². The quantitative estimate of drug-likeness (QED) is 0.585. The van der Waals surface area contributed by atoms with Gasteiger partial charge >= 0.3 is 5.97 Å². The summed E-state index contributed by atoms with van der Waals surface area (Å²) in [5.74, 6) is 1.42. The van der Waals surface area contributed by atoms with Gasteiger partial charge in [-0.05, 0) is 80.5 Å². The molecule has 2 aliphatic heterocycles. The molecule has 172 valence electrons. The number of hydrogen-bond acceptors (Lipinski definition) is 6. The Morgan fingerprint density at radius 2 is 2.00 bits per heavy atom. The molecule has 2 aliphatic rings. The first kappa shape index (κ1) is 22.6. The van der Waals surface area contributed by atoms with Crippen LogP contribution in [0.15, 0.2) is 36.7 Å². The summed E-state index contributed by atoms with van der Waals surface area (Å²) in [6.45, 7) is 7.18. The van der Waals surface area contributed by atoms with Crippen LogP contribution >= 0.6 is 0 Å². The first-order valence-corrected chi connectivity index (χ1v) is 11.9. The molecule has 0 saturated carbocycles. The normalized spacial score (nSPS) is 17.1. The SMILES string of the molecule is CCOC(=O)CCc1cnccc1N1CCC(COc2ccc3c(c2)CN(C)CC3)CC1. The van der Waals surface area contributed by atoms with Crippen LogP contribution in [0.25, 0.3) is 0 Å². The van der Waals surface area contributed by atoms with Gasteiger partial charge in [0.15, 0.2) is 0 Å². The highest BCUT2D eigenvalue weighted by Gasteiger charge is 2.22. The average Bonchev–Trinajstić information content (AvgIpc) is 2.82. The van der Waals surface area contributed by atoms with Gasteiger partial charge in [0, 0.05) is 50.7 Å². The molecule has 0 radical (unpaired) electrons. The number of carbonyl (C=O) groups is 1. The number of ether oxygens (including phenoxy) is 2. The highest BCUT2D eigenvalue weighted by atomic mass is 16.5. The van der Waals surface area contributed by atoms with Crippen LogP contribution in [0, 0.1) is 5.92 Å². The number of esters is 1. The third-order valence-corrected chi connectivity index (χ3v) is 6.60. The van der Waals surface area contributed by atoms with E-state index in [1.54, 1.807) is 0 Å². The number of anilines is 1. The Bertz CT molecular complexity index is 909. The summed E-state index contributed by atoms with van der Waals surface area (Å²) in [5, 5.41) is 0. The number of pyridine rings is 1. The Labute approximate surface area is 191 Å². The van der Waals surface area contributed by atoms with Crippen LogP contribution in [-0.4, -0.2) is 55.7 Å². The molecule has 3 heterocycles. The van der Waals surface area contributed by atoms with Crippen molar-refractivity contribution in [1.29, 1.82) is 0 Å². The van der Waals surface area contributed by atoms with Gasteiger partial charge in [0.05, 0.1) is 13.2 Å². The van der Waals surface area contributed by atoms with Gasteiger partial charge < -0.3 is 19.3 Å². The minimum absolute atomic E-state index is 0.146. The summed E-state index contributed by atoms with van der Waals surface area (Å²) >= 11 is 0. The Morgan fingerprint density at radius 3 is 2.81 bits per heavy atom. The van der Waals surface area contributed by atoms with Crippen molar-refractivity contribution >= 4 is 11.7 Å². The van der Waals surface area contributed by atoms with Crippen molar-refractivity contribution in [2.24, 2.45) is 5.92 Å². The van der Waals surface area contributed by atoms with Gasteiger partial charge in [-0.3, -0.25) is 9.78 Å². The summed E-state index contributed by atoms with van der Waals surface area (Å²) in [7, 11) is 2.18. The topological polar surface area (TPSA) is 54.9 Å². The van der Waals surface area contributed by atoms with E-state index < -0.39 is 0 Å². The maximum absolute atomic E-state index is 11.8. The molecule has 4 rings (SSSR count). The molecule has 2 aromatic rings. The minimum Gasteiger partial charge on any atom is -0.493 e. The van der Waals surface area contributed by atoms with Gasteiger partial charge in [-0.25, -0.2) is 0 Å². The van der Waals surface area contributed by atoms with Gasteiger partial charge in [-0.15, -0.1) is 0 Å². The third-order valence-electron chi connectivity index (χ3n) is 6.60. The monoisotopic (exact) mass is 437 g/mol.